The van der Waals surface area contributed by atoms with Crippen molar-refractivity contribution in [2.75, 3.05) is 19.6 Å². The van der Waals surface area contributed by atoms with Crippen LogP contribution in [0.2, 0.25) is 0 Å². The SMILES string of the molecule is CC1(CN2CCC(NC(=O)c3ccc(C(F)(F)F)cc3)CC2)Cn2cc([N+](=O)[O-])nc2O1. The van der Waals surface area contributed by atoms with Crippen LogP contribution in [0, 0.1) is 10.1 Å². The van der Waals surface area contributed by atoms with E-state index in [1.165, 1.54) is 18.3 Å². The fraction of sp³-hybridized carbons (Fsp3) is 0.500. The molecule has 1 saturated heterocycles. The maximum atomic E-state index is 12.7. The van der Waals surface area contributed by atoms with Gasteiger partial charge in [-0.05, 0) is 49.0 Å². The Hall–Kier alpha value is -3.15. The van der Waals surface area contributed by atoms with Gasteiger partial charge in [-0.3, -0.25) is 14.3 Å². The minimum atomic E-state index is -4.44. The summed E-state index contributed by atoms with van der Waals surface area (Å²) in [6, 6.07) is 4.33. The molecule has 32 heavy (non-hydrogen) atoms. The van der Waals surface area contributed by atoms with Crippen LogP contribution in [0.4, 0.5) is 19.0 Å². The second kappa shape index (κ2) is 8.08. The van der Waals surface area contributed by atoms with Gasteiger partial charge in [-0.1, -0.05) is 0 Å². The molecule has 1 amide bonds. The van der Waals surface area contributed by atoms with E-state index in [4.69, 9.17) is 4.74 Å². The second-order valence-corrected chi connectivity index (χ2v) is 8.42. The first kappa shape index (κ1) is 22.1. The standard InChI is InChI=1S/C20H22F3N5O4/c1-19(12-27-10-16(28(30)31)25-18(27)32-19)11-26-8-6-15(7-9-26)24-17(29)13-2-4-14(5-3-13)20(21,22)23/h2-5,10,15H,6-9,11-12H2,1H3,(H,24,29). The zero-order valence-electron chi connectivity index (χ0n) is 17.3. The van der Waals surface area contributed by atoms with Crippen molar-refractivity contribution >= 4 is 11.7 Å². The molecule has 9 nitrogen and oxygen atoms in total. The van der Waals surface area contributed by atoms with E-state index in [-0.39, 0.29) is 23.4 Å². The number of nitro groups is 1. The van der Waals surface area contributed by atoms with E-state index in [0.29, 0.717) is 39.0 Å². The van der Waals surface area contributed by atoms with Gasteiger partial charge in [0, 0.05) is 36.2 Å². The molecule has 1 aromatic carbocycles. The number of aromatic nitrogens is 2. The van der Waals surface area contributed by atoms with Gasteiger partial charge in [0.05, 0.1) is 12.1 Å². The molecular formula is C20H22F3N5O4. The zero-order valence-corrected chi connectivity index (χ0v) is 17.3. The Balaban J connectivity index is 1.26. The molecule has 1 unspecified atom stereocenters. The molecule has 1 fully saturated rings. The number of hydrogen-bond donors (Lipinski definition) is 1. The summed E-state index contributed by atoms with van der Waals surface area (Å²) in [5.74, 6) is -0.637. The molecule has 4 rings (SSSR count). The number of amides is 1. The molecule has 1 N–H and O–H groups in total. The van der Waals surface area contributed by atoms with E-state index in [1.54, 1.807) is 4.57 Å². The molecule has 1 atom stereocenters. The molecule has 2 aliphatic rings. The number of carbonyl (C=O) groups is 1. The fourth-order valence-electron chi connectivity index (χ4n) is 4.15. The third kappa shape index (κ3) is 4.69. The molecule has 0 spiro atoms. The van der Waals surface area contributed by atoms with Crippen LogP contribution in [-0.2, 0) is 12.7 Å². The number of rotatable bonds is 5. The van der Waals surface area contributed by atoms with Gasteiger partial charge >= 0.3 is 18.0 Å². The van der Waals surface area contributed by atoms with Crippen LogP contribution in [-0.4, -0.2) is 56.6 Å². The summed E-state index contributed by atoms with van der Waals surface area (Å²) in [7, 11) is 0. The number of ether oxygens (including phenoxy) is 1. The quantitative estimate of drug-likeness (QED) is 0.552. The van der Waals surface area contributed by atoms with Crippen molar-refractivity contribution in [3.63, 3.8) is 0 Å². The van der Waals surface area contributed by atoms with E-state index in [9.17, 15) is 28.1 Å². The summed E-state index contributed by atoms with van der Waals surface area (Å²) in [6.07, 6.45) is -1.69. The Bertz CT molecular complexity index is 990. The van der Waals surface area contributed by atoms with Gasteiger partial charge in [-0.15, -0.1) is 0 Å². The average molecular weight is 453 g/mol. The van der Waals surface area contributed by atoms with Crippen LogP contribution in [0.25, 0.3) is 0 Å². The number of imidazole rings is 1. The minimum absolute atomic E-state index is 0.0727. The first-order chi connectivity index (χ1) is 15.0. The van der Waals surface area contributed by atoms with Crippen molar-refractivity contribution in [3.05, 3.63) is 51.7 Å². The Morgan fingerprint density at radius 3 is 2.53 bits per heavy atom. The first-order valence-electron chi connectivity index (χ1n) is 10.1. The number of nitrogens with zero attached hydrogens (tertiary/aromatic N) is 4. The molecule has 0 radical (unpaired) electrons. The summed E-state index contributed by atoms with van der Waals surface area (Å²) in [4.78, 5) is 28.7. The van der Waals surface area contributed by atoms with Crippen molar-refractivity contribution in [3.8, 4) is 6.01 Å². The molecular weight excluding hydrogens is 431 g/mol. The first-order valence-corrected chi connectivity index (χ1v) is 10.1. The van der Waals surface area contributed by atoms with Gasteiger partial charge in [0.1, 0.15) is 11.8 Å². The monoisotopic (exact) mass is 453 g/mol. The highest BCUT2D eigenvalue weighted by molar-refractivity contribution is 5.94. The Morgan fingerprint density at radius 1 is 1.31 bits per heavy atom. The van der Waals surface area contributed by atoms with Crippen molar-refractivity contribution in [1.29, 1.82) is 0 Å². The van der Waals surface area contributed by atoms with Crippen LogP contribution in [0.15, 0.2) is 30.5 Å². The normalized spacial score (nSPS) is 21.8. The van der Waals surface area contributed by atoms with Crippen molar-refractivity contribution < 1.29 is 27.6 Å². The van der Waals surface area contributed by atoms with Gasteiger partial charge in [0.2, 0.25) is 0 Å². The van der Waals surface area contributed by atoms with Crippen molar-refractivity contribution in [1.82, 2.24) is 19.8 Å². The summed E-state index contributed by atoms with van der Waals surface area (Å²) in [5.41, 5.74) is -1.16. The molecule has 0 bridgehead atoms. The highest BCUT2D eigenvalue weighted by atomic mass is 19.4. The number of likely N-dealkylation sites (tertiary alicyclic amines) is 1. The van der Waals surface area contributed by atoms with Crippen LogP contribution in [0.1, 0.15) is 35.7 Å². The smallest absolute Gasteiger partial charge is 0.416 e. The molecule has 172 valence electrons. The molecule has 0 saturated carbocycles. The minimum Gasteiger partial charge on any atom is -0.436 e. The topological polar surface area (TPSA) is 103 Å². The van der Waals surface area contributed by atoms with Crippen LogP contribution in [0.3, 0.4) is 0 Å². The number of alkyl halides is 3. The lowest BCUT2D eigenvalue weighted by Gasteiger charge is -2.36. The molecule has 12 heteroatoms. The third-order valence-corrected chi connectivity index (χ3v) is 5.71. The molecule has 3 heterocycles. The number of halogens is 3. The van der Waals surface area contributed by atoms with Gasteiger partial charge < -0.3 is 20.2 Å². The number of hydrogen-bond acceptors (Lipinski definition) is 6. The Labute approximate surface area is 181 Å². The lowest BCUT2D eigenvalue weighted by Crippen LogP contribution is -2.50. The highest BCUT2D eigenvalue weighted by Crippen LogP contribution is 2.32. The van der Waals surface area contributed by atoms with E-state index >= 15 is 0 Å². The fourth-order valence-corrected chi connectivity index (χ4v) is 4.15. The summed E-state index contributed by atoms with van der Waals surface area (Å²) < 4.78 is 45.5. The number of benzene rings is 1. The van der Waals surface area contributed by atoms with E-state index < -0.39 is 28.2 Å². The zero-order chi connectivity index (χ0) is 23.1. The van der Waals surface area contributed by atoms with Gasteiger partial charge in [0.15, 0.2) is 0 Å². The van der Waals surface area contributed by atoms with E-state index in [0.717, 1.165) is 12.1 Å². The second-order valence-electron chi connectivity index (χ2n) is 8.42. The maximum Gasteiger partial charge on any atom is 0.416 e. The Kier molecular flexibility index (Phi) is 5.57. The molecule has 0 aliphatic carbocycles. The third-order valence-electron chi connectivity index (χ3n) is 5.71. The van der Waals surface area contributed by atoms with Crippen LogP contribution < -0.4 is 10.1 Å². The Morgan fingerprint density at radius 2 is 1.97 bits per heavy atom. The van der Waals surface area contributed by atoms with E-state index in [1.807, 2.05) is 6.92 Å². The number of piperidine rings is 1. The van der Waals surface area contributed by atoms with Gasteiger partial charge in [0.25, 0.3) is 5.91 Å². The molecule has 1 aromatic heterocycles. The average Bonchev–Trinajstić information content (AvgIpc) is 3.24. The largest absolute Gasteiger partial charge is 0.436 e. The molecule has 2 aromatic rings. The maximum absolute atomic E-state index is 12.7. The summed E-state index contributed by atoms with van der Waals surface area (Å²) in [6.45, 7) is 4.39. The predicted octanol–water partition coefficient (Wildman–Crippen LogP) is 2.86. The number of fused-ring (bicyclic) bond motifs is 1. The summed E-state index contributed by atoms with van der Waals surface area (Å²) >= 11 is 0. The number of carbonyl (C=O) groups excluding carboxylic acids is 1. The van der Waals surface area contributed by atoms with Crippen LogP contribution >= 0.6 is 0 Å². The van der Waals surface area contributed by atoms with Crippen molar-refractivity contribution in [2.45, 2.75) is 44.1 Å². The molecule has 2 aliphatic heterocycles. The van der Waals surface area contributed by atoms with Gasteiger partial charge in [-0.25, -0.2) is 0 Å². The van der Waals surface area contributed by atoms with Crippen LogP contribution in [0.5, 0.6) is 6.01 Å². The lowest BCUT2D eigenvalue weighted by atomic mass is 10.0. The number of nitrogens with one attached hydrogen (secondary N) is 1. The lowest BCUT2D eigenvalue weighted by molar-refractivity contribution is -0.389. The predicted molar refractivity (Wildman–Crippen MR) is 106 cm³/mol. The highest BCUT2D eigenvalue weighted by Gasteiger charge is 2.42. The summed E-state index contributed by atoms with van der Waals surface area (Å²) in [5, 5.41) is 13.7. The van der Waals surface area contributed by atoms with Gasteiger partial charge in [-0.2, -0.15) is 13.2 Å². The van der Waals surface area contributed by atoms with Crippen molar-refractivity contribution in [2.24, 2.45) is 0 Å². The van der Waals surface area contributed by atoms with E-state index in [2.05, 4.69) is 15.2 Å².